The summed E-state index contributed by atoms with van der Waals surface area (Å²) in [5, 5.41) is 17.9. The van der Waals surface area contributed by atoms with Crippen molar-refractivity contribution in [3.63, 3.8) is 0 Å². The van der Waals surface area contributed by atoms with Gasteiger partial charge < -0.3 is 10.8 Å². The summed E-state index contributed by atoms with van der Waals surface area (Å²) in [6.07, 6.45) is 3.15. The van der Waals surface area contributed by atoms with Crippen molar-refractivity contribution in [2.45, 2.75) is 0 Å². The Kier molecular flexibility index (Phi) is 7.08. The molecule has 0 saturated carbocycles. The first-order valence-electron chi connectivity index (χ1n) is 2.81. The number of aliphatic hydroxyl groups excluding tert-OH is 1. The van der Waals surface area contributed by atoms with E-state index in [0.29, 0.717) is 6.54 Å². The minimum Gasteiger partial charge on any atom is -0.395 e. The van der Waals surface area contributed by atoms with Crippen LogP contribution >= 0.6 is 0 Å². The normalized spacial score (nSPS) is 7.80. The van der Waals surface area contributed by atoms with Crippen LogP contribution in [0.1, 0.15) is 0 Å². The lowest BCUT2D eigenvalue weighted by Gasteiger charge is -1.71. The molecule has 1 aromatic rings. The second-order valence-electron chi connectivity index (χ2n) is 1.32. The van der Waals surface area contributed by atoms with E-state index in [2.05, 4.69) is 15.4 Å². The molecule has 0 saturated heterocycles. The van der Waals surface area contributed by atoms with Gasteiger partial charge in [0, 0.05) is 6.54 Å². The van der Waals surface area contributed by atoms with Gasteiger partial charge in [-0.05, 0) is 11.3 Å². The Hall–Kier alpha value is -1.07. The molecule has 0 spiro atoms. The van der Waals surface area contributed by atoms with Crippen molar-refractivity contribution in [2.24, 2.45) is 5.73 Å². The molecule has 0 radical (unpaired) electrons. The Labute approximate surface area is 58.9 Å². The molecular weight excluding hydrogens is 132 g/mol. The standard InChI is InChI=1S/C3H3N3.C2H7NO/c1-2-4-6-5-3-1;3-1-2-4/h1-3H;4H,1-3H2. The van der Waals surface area contributed by atoms with Gasteiger partial charge in [-0.2, -0.15) is 0 Å². The first-order valence-corrected chi connectivity index (χ1v) is 2.81. The minimum atomic E-state index is 0.0972. The van der Waals surface area contributed by atoms with Crippen LogP contribution in [-0.4, -0.2) is 33.7 Å². The smallest absolute Gasteiger partial charge is 0.0553 e. The largest absolute Gasteiger partial charge is 0.395 e. The highest BCUT2D eigenvalue weighted by Gasteiger charge is 1.60. The van der Waals surface area contributed by atoms with E-state index in [-0.39, 0.29) is 6.61 Å². The number of nitrogens with zero attached hydrogens (tertiary/aromatic N) is 3. The lowest BCUT2D eigenvalue weighted by atomic mass is 10.7. The quantitative estimate of drug-likeness (QED) is 0.515. The number of hydrogen-bond donors (Lipinski definition) is 2. The van der Waals surface area contributed by atoms with Gasteiger partial charge in [0.05, 0.1) is 19.0 Å². The van der Waals surface area contributed by atoms with E-state index in [1.165, 1.54) is 0 Å². The Balaban J connectivity index is 0.000000180. The summed E-state index contributed by atoms with van der Waals surface area (Å²) in [5.74, 6) is 0. The second kappa shape index (κ2) is 7.93. The molecule has 3 N–H and O–H groups in total. The molecule has 0 amide bonds. The summed E-state index contributed by atoms with van der Waals surface area (Å²) < 4.78 is 0. The maximum Gasteiger partial charge on any atom is 0.0553 e. The molecule has 5 heteroatoms. The van der Waals surface area contributed by atoms with Crippen molar-refractivity contribution >= 4 is 0 Å². The Morgan fingerprint density at radius 2 is 1.80 bits per heavy atom. The van der Waals surface area contributed by atoms with Crippen molar-refractivity contribution < 1.29 is 5.11 Å². The molecule has 5 nitrogen and oxygen atoms in total. The van der Waals surface area contributed by atoms with Crippen molar-refractivity contribution in [3.05, 3.63) is 18.5 Å². The summed E-state index contributed by atoms with van der Waals surface area (Å²) in [6.45, 7) is 0.472. The van der Waals surface area contributed by atoms with E-state index in [9.17, 15) is 0 Å². The molecule has 1 aromatic heterocycles. The van der Waals surface area contributed by atoms with Crippen LogP contribution < -0.4 is 5.73 Å². The van der Waals surface area contributed by atoms with Gasteiger partial charge in [0.15, 0.2) is 0 Å². The van der Waals surface area contributed by atoms with Crippen molar-refractivity contribution in [1.29, 1.82) is 0 Å². The van der Waals surface area contributed by atoms with E-state index in [0.717, 1.165) is 0 Å². The maximum absolute atomic E-state index is 7.75. The highest BCUT2D eigenvalue weighted by Crippen LogP contribution is 1.61. The monoisotopic (exact) mass is 142 g/mol. The molecular formula is C5H10N4O. The van der Waals surface area contributed by atoms with E-state index in [1.54, 1.807) is 18.5 Å². The third kappa shape index (κ3) is 6.93. The zero-order valence-electron chi connectivity index (χ0n) is 5.51. The highest BCUT2D eigenvalue weighted by atomic mass is 16.3. The number of nitrogens with two attached hydrogens (primary N) is 1. The van der Waals surface area contributed by atoms with Gasteiger partial charge in [0.1, 0.15) is 0 Å². The fraction of sp³-hybridized carbons (Fsp3) is 0.400. The molecule has 0 aliphatic rings. The van der Waals surface area contributed by atoms with Gasteiger partial charge in [0.25, 0.3) is 0 Å². The molecule has 0 aliphatic heterocycles. The summed E-state index contributed by atoms with van der Waals surface area (Å²) in [5.41, 5.74) is 4.78. The van der Waals surface area contributed by atoms with Gasteiger partial charge in [-0.1, -0.05) is 0 Å². The molecule has 0 aliphatic carbocycles. The average molecular weight is 142 g/mol. The van der Waals surface area contributed by atoms with Crippen LogP contribution in [0.3, 0.4) is 0 Å². The molecule has 56 valence electrons. The highest BCUT2D eigenvalue weighted by molar-refractivity contribution is 4.69. The SMILES string of the molecule is NCCO.c1cnnnc1. The van der Waals surface area contributed by atoms with Gasteiger partial charge in [-0.25, -0.2) is 0 Å². The average Bonchev–Trinajstić information content (AvgIpc) is 2.08. The third-order valence-corrected chi connectivity index (χ3v) is 0.538. The van der Waals surface area contributed by atoms with Gasteiger partial charge >= 0.3 is 0 Å². The second-order valence-corrected chi connectivity index (χ2v) is 1.32. The Bertz CT molecular complexity index is 106. The molecule has 0 aromatic carbocycles. The summed E-state index contributed by atoms with van der Waals surface area (Å²) in [6, 6.07) is 1.72. The Morgan fingerprint density at radius 3 is 1.90 bits per heavy atom. The summed E-state index contributed by atoms with van der Waals surface area (Å²) >= 11 is 0. The molecule has 0 bridgehead atoms. The van der Waals surface area contributed by atoms with Crippen molar-refractivity contribution in [1.82, 2.24) is 15.4 Å². The molecule has 10 heavy (non-hydrogen) atoms. The maximum atomic E-state index is 7.75. The first kappa shape index (κ1) is 8.93. The lowest BCUT2D eigenvalue weighted by molar-refractivity contribution is 0.306. The third-order valence-electron chi connectivity index (χ3n) is 0.538. The summed E-state index contributed by atoms with van der Waals surface area (Å²) in [4.78, 5) is 0. The fourth-order valence-electron chi connectivity index (χ4n) is 0.205. The molecule has 1 heterocycles. The van der Waals surface area contributed by atoms with Gasteiger partial charge in [0.2, 0.25) is 0 Å². The number of rotatable bonds is 1. The number of aromatic nitrogens is 3. The summed E-state index contributed by atoms with van der Waals surface area (Å²) in [7, 11) is 0. The van der Waals surface area contributed by atoms with Crippen LogP contribution in [0.2, 0.25) is 0 Å². The fourth-order valence-corrected chi connectivity index (χ4v) is 0.205. The van der Waals surface area contributed by atoms with Crippen LogP contribution in [-0.2, 0) is 0 Å². The number of hydrogen-bond acceptors (Lipinski definition) is 5. The zero-order valence-corrected chi connectivity index (χ0v) is 5.51. The molecule has 1 rings (SSSR count). The molecule has 0 atom stereocenters. The molecule has 0 unspecified atom stereocenters. The predicted octanol–water partition coefficient (Wildman–Crippen LogP) is -1.19. The van der Waals surface area contributed by atoms with E-state index < -0.39 is 0 Å². The zero-order chi connectivity index (χ0) is 7.66. The number of aliphatic hydroxyl groups is 1. The van der Waals surface area contributed by atoms with Gasteiger partial charge in [-0.15, -0.1) is 10.2 Å². The van der Waals surface area contributed by atoms with E-state index in [4.69, 9.17) is 10.8 Å². The Morgan fingerprint density at radius 1 is 1.30 bits per heavy atom. The topological polar surface area (TPSA) is 84.9 Å². The van der Waals surface area contributed by atoms with Crippen LogP contribution in [0.15, 0.2) is 18.5 Å². The van der Waals surface area contributed by atoms with Crippen LogP contribution in [0.25, 0.3) is 0 Å². The first-order chi connectivity index (χ1) is 4.91. The van der Waals surface area contributed by atoms with Crippen molar-refractivity contribution in [2.75, 3.05) is 13.2 Å². The van der Waals surface area contributed by atoms with Crippen molar-refractivity contribution in [3.8, 4) is 0 Å². The van der Waals surface area contributed by atoms with Crippen LogP contribution in [0, 0.1) is 0 Å². The van der Waals surface area contributed by atoms with E-state index in [1.807, 2.05) is 0 Å². The lowest BCUT2D eigenvalue weighted by Crippen LogP contribution is -2.02. The van der Waals surface area contributed by atoms with Crippen LogP contribution in [0.5, 0.6) is 0 Å². The van der Waals surface area contributed by atoms with Gasteiger partial charge in [-0.3, -0.25) is 0 Å². The van der Waals surface area contributed by atoms with Crippen LogP contribution in [0.4, 0.5) is 0 Å². The minimum absolute atomic E-state index is 0.0972. The molecule has 0 fully saturated rings. The predicted molar refractivity (Wildman–Crippen MR) is 36.0 cm³/mol. The van der Waals surface area contributed by atoms with E-state index >= 15 is 0 Å².